The Bertz CT molecular complexity index is 1330. The molecule has 172 valence electrons. The lowest BCUT2D eigenvalue weighted by Crippen LogP contribution is -2.15. The van der Waals surface area contributed by atoms with Crippen molar-refractivity contribution in [2.75, 3.05) is 10.0 Å². The van der Waals surface area contributed by atoms with Crippen molar-refractivity contribution in [2.24, 2.45) is 0 Å². The number of rotatable bonds is 6. The Morgan fingerprint density at radius 1 is 0.939 bits per heavy atom. The first kappa shape index (κ1) is 23.7. The van der Waals surface area contributed by atoms with Crippen LogP contribution in [0.2, 0.25) is 0 Å². The lowest BCUT2D eigenvalue weighted by Gasteiger charge is -2.12. The standard InChI is InChI=1S/C20H13F4N3O5S/c21-17-9-6-14(11-18(17)27(29)30)25-19(28)12-4-7-16(8-5-12)33(31,32)26-15-3-1-2-13(10-15)20(22,23)24/h1-11,26H,(H,25,28). The normalized spacial score (nSPS) is 11.6. The van der Waals surface area contributed by atoms with Crippen LogP contribution in [0.3, 0.4) is 0 Å². The number of nitrogens with one attached hydrogen (secondary N) is 2. The first-order valence-corrected chi connectivity index (χ1v) is 10.4. The van der Waals surface area contributed by atoms with Crippen molar-refractivity contribution in [1.29, 1.82) is 0 Å². The van der Waals surface area contributed by atoms with Crippen LogP contribution in [0.1, 0.15) is 15.9 Å². The van der Waals surface area contributed by atoms with Gasteiger partial charge in [-0.05, 0) is 54.6 Å². The van der Waals surface area contributed by atoms with Gasteiger partial charge < -0.3 is 5.32 Å². The molecule has 0 saturated heterocycles. The number of nitro benzene ring substituents is 1. The summed E-state index contributed by atoms with van der Waals surface area (Å²) in [4.78, 5) is 21.8. The molecule has 3 aromatic carbocycles. The maximum atomic E-state index is 13.4. The number of alkyl halides is 3. The summed E-state index contributed by atoms with van der Waals surface area (Å²) in [6.45, 7) is 0. The zero-order chi connectivity index (χ0) is 24.4. The second-order valence-electron chi connectivity index (χ2n) is 6.59. The summed E-state index contributed by atoms with van der Waals surface area (Å²) in [6, 6.07) is 10.7. The maximum absolute atomic E-state index is 13.4. The molecule has 0 aliphatic carbocycles. The van der Waals surface area contributed by atoms with Gasteiger partial charge in [-0.1, -0.05) is 6.07 Å². The molecular formula is C20H13F4N3O5S. The zero-order valence-corrected chi connectivity index (χ0v) is 17.1. The molecule has 3 rings (SSSR count). The van der Waals surface area contributed by atoms with Crippen molar-refractivity contribution in [3.63, 3.8) is 0 Å². The average molecular weight is 483 g/mol. The third kappa shape index (κ3) is 5.63. The van der Waals surface area contributed by atoms with Gasteiger partial charge in [0, 0.05) is 23.0 Å². The fraction of sp³-hybridized carbons (Fsp3) is 0.0500. The van der Waals surface area contributed by atoms with Gasteiger partial charge in [0.1, 0.15) is 0 Å². The molecule has 0 aromatic heterocycles. The van der Waals surface area contributed by atoms with Gasteiger partial charge in [-0.15, -0.1) is 0 Å². The summed E-state index contributed by atoms with van der Waals surface area (Å²) >= 11 is 0. The molecule has 13 heteroatoms. The molecular weight excluding hydrogens is 470 g/mol. The molecule has 0 bridgehead atoms. The fourth-order valence-corrected chi connectivity index (χ4v) is 3.74. The zero-order valence-electron chi connectivity index (χ0n) is 16.3. The fourth-order valence-electron chi connectivity index (χ4n) is 2.69. The van der Waals surface area contributed by atoms with Crippen LogP contribution in [0.15, 0.2) is 71.6 Å². The minimum Gasteiger partial charge on any atom is -0.322 e. The topological polar surface area (TPSA) is 118 Å². The summed E-state index contributed by atoms with van der Waals surface area (Å²) in [5, 5.41) is 13.1. The number of carbonyl (C=O) groups is 1. The molecule has 0 fully saturated rings. The highest BCUT2D eigenvalue weighted by molar-refractivity contribution is 7.92. The molecule has 0 spiro atoms. The smallest absolute Gasteiger partial charge is 0.322 e. The highest BCUT2D eigenvalue weighted by atomic mass is 32.2. The minimum absolute atomic E-state index is 0.0278. The van der Waals surface area contributed by atoms with Gasteiger partial charge >= 0.3 is 11.9 Å². The Kier molecular flexibility index (Phi) is 6.35. The molecule has 3 aromatic rings. The monoisotopic (exact) mass is 483 g/mol. The first-order valence-electron chi connectivity index (χ1n) is 8.92. The van der Waals surface area contributed by atoms with E-state index < -0.39 is 44.1 Å². The number of hydrogen-bond donors (Lipinski definition) is 2. The molecule has 2 N–H and O–H groups in total. The van der Waals surface area contributed by atoms with Crippen molar-refractivity contribution in [2.45, 2.75) is 11.1 Å². The molecule has 0 atom stereocenters. The molecule has 0 aliphatic rings. The summed E-state index contributed by atoms with van der Waals surface area (Å²) in [7, 11) is -4.26. The SMILES string of the molecule is O=C(Nc1ccc(F)c([N+](=O)[O-])c1)c1ccc(S(=O)(=O)Nc2cccc(C(F)(F)F)c2)cc1. The van der Waals surface area contributed by atoms with Gasteiger partial charge in [0.05, 0.1) is 15.4 Å². The van der Waals surface area contributed by atoms with Gasteiger partial charge in [-0.25, -0.2) is 8.42 Å². The molecule has 0 radical (unpaired) electrons. The van der Waals surface area contributed by atoms with Crippen LogP contribution >= 0.6 is 0 Å². The van der Waals surface area contributed by atoms with Crippen LogP contribution in [0, 0.1) is 15.9 Å². The number of anilines is 2. The molecule has 0 aliphatic heterocycles. The van der Waals surface area contributed by atoms with Crippen LogP contribution in [0.5, 0.6) is 0 Å². The average Bonchev–Trinajstić information content (AvgIpc) is 2.74. The van der Waals surface area contributed by atoms with E-state index in [0.29, 0.717) is 6.07 Å². The van der Waals surface area contributed by atoms with E-state index in [0.717, 1.165) is 60.7 Å². The number of nitro groups is 1. The van der Waals surface area contributed by atoms with E-state index in [1.165, 1.54) is 0 Å². The minimum atomic E-state index is -4.65. The second kappa shape index (κ2) is 8.86. The molecule has 8 nitrogen and oxygen atoms in total. The molecule has 0 unspecified atom stereocenters. The molecule has 33 heavy (non-hydrogen) atoms. The predicted octanol–water partition coefficient (Wildman–Crippen LogP) is 4.81. The van der Waals surface area contributed by atoms with Crippen molar-refractivity contribution in [3.8, 4) is 0 Å². The summed E-state index contributed by atoms with van der Waals surface area (Å²) in [5.74, 6) is -1.84. The Hall–Kier alpha value is -4.00. The van der Waals surface area contributed by atoms with Crippen LogP contribution in [0.25, 0.3) is 0 Å². The third-order valence-electron chi connectivity index (χ3n) is 4.27. The number of carbonyl (C=O) groups excluding carboxylic acids is 1. The van der Waals surface area contributed by atoms with Crippen LogP contribution in [-0.2, 0) is 16.2 Å². The Labute approximate surface area is 184 Å². The summed E-state index contributed by atoms with van der Waals surface area (Å²) in [6.07, 6.45) is -4.65. The van der Waals surface area contributed by atoms with E-state index in [9.17, 15) is 40.9 Å². The van der Waals surface area contributed by atoms with Crippen LogP contribution in [-0.4, -0.2) is 19.2 Å². The number of amides is 1. The van der Waals surface area contributed by atoms with Crippen molar-refractivity contribution >= 4 is 33.0 Å². The lowest BCUT2D eigenvalue weighted by atomic mass is 10.2. The van der Waals surface area contributed by atoms with E-state index in [1.807, 2.05) is 4.72 Å². The summed E-state index contributed by atoms with van der Waals surface area (Å²) < 4.78 is 78.8. The molecule has 0 heterocycles. The van der Waals surface area contributed by atoms with E-state index >= 15 is 0 Å². The summed E-state index contributed by atoms with van der Waals surface area (Å²) in [5.41, 5.74) is -2.26. The van der Waals surface area contributed by atoms with E-state index in [-0.39, 0.29) is 21.8 Å². The van der Waals surface area contributed by atoms with Gasteiger partial charge in [-0.3, -0.25) is 19.6 Å². The Morgan fingerprint density at radius 3 is 2.21 bits per heavy atom. The van der Waals surface area contributed by atoms with Gasteiger partial charge in [0.25, 0.3) is 15.9 Å². The van der Waals surface area contributed by atoms with Crippen molar-refractivity contribution in [3.05, 3.63) is 93.8 Å². The van der Waals surface area contributed by atoms with E-state index in [4.69, 9.17) is 0 Å². The van der Waals surface area contributed by atoms with E-state index in [1.54, 1.807) is 0 Å². The molecule has 0 saturated carbocycles. The second-order valence-corrected chi connectivity index (χ2v) is 8.27. The third-order valence-corrected chi connectivity index (χ3v) is 5.67. The number of hydrogen-bond acceptors (Lipinski definition) is 5. The van der Waals surface area contributed by atoms with Crippen LogP contribution in [0.4, 0.5) is 34.6 Å². The number of halogens is 4. The van der Waals surface area contributed by atoms with Gasteiger partial charge in [-0.2, -0.15) is 17.6 Å². The Morgan fingerprint density at radius 2 is 1.61 bits per heavy atom. The van der Waals surface area contributed by atoms with Crippen LogP contribution < -0.4 is 10.0 Å². The lowest BCUT2D eigenvalue weighted by molar-refractivity contribution is -0.387. The van der Waals surface area contributed by atoms with Gasteiger partial charge in [0.15, 0.2) is 0 Å². The van der Waals surface area contributed by atoms with Gasteiger partial charge in [0.2, 0.25) is 5.82 Å². The predicted molar refractivity (Wildman–Crippen MR) is 110 cm³/mol. The molecule has 1 amide bonds. The largest absolute Gasteiger partial charge is 0.416 e. The first-order chi connectivity index (χ1) is 15.4. The highest BCUT2D eigenvalue weighted by Gasteiger charge is 2.30. The Balaban J connectivity index is 1.76. The maximum Gasteiger partial charge on any atom is 0.416 e. The van der Waals surface area contributed by atoms with E-state index in [2.05, 4.69) is 5.32 Å². The highest BCUT2D eigenvalue weighted by Crippen LogP contribution is 2.31. The number of nitrogens with zero attached hydrogens (tertiary/aromatic N) is 1. The number of benzene rings is 3. The quantitative estimate of drug-likeness (QED) is 0.297. The van der Waals surface area contributed by atoms with Crippen molar-refractivity contribution in [1.82, 2.24) is 0 Å². The van der Waals surface area contributed by atoms with Crippen molar-refractivity contribution < 1.29 is 35.7 Å². The number of sulfonamides is 1.